The molecule has 0 fully saturated rings. The van der Waals surface area contributed by atoms with Crippen LogP contribution < -0.4 is 16.4 Å². The Kier molecular flexibility index (Phi) is 7.46. The molecular weight excluding hydrogens is 354 g/mol. The van der Waals surface area contributed by atoms with Crippen LogP contribution in [0.5, 0.6) is 0 Å². The van der Waals surface area contributed by atoms with Crippen molar-refractivity contribution in [3.05, 3.63) is 11.7 Å². The number of carboxylic acids is 2. The van der Waals surface area contributed by atoms with Crippen molar-refractivity contribution in [3.63, 3.8) is 0 Å². The van der Waals surface area contributed by atoms with E-state index in [4.69, 9.17) is 20.5 Å². The topological polar surface area (TPSA) is 218 Å². The molecule has 0 saturated carbocycles. The summed E-state index contributed by atoms with van der Waals surface area (Å²) in [5.41, 5.74) is 5.10. The van der Waals surface area contributed by atoms with Crippen LogP contribution in [-0.2, 0) is 20.8 Å². The Balaban J connectivity index is 2.83. The van der Waals surface area contributed by atoms with Gasteiger partial charge in [0, 0.05) is 6.42 Å². The van der Waals surface area contributed by atoms with Crippen molar-refractivity contribution in [1.29, 1.82) is 0 Å². The van der Waals surface area contributed by atoms with Crippen LogP contribution >= 0.6 is 0 Å². The average molecular weight is 373 g/mol. The van der Waals surface area contributed by atoms with E-state index in [0.29, 0.717) is 0 Å². The van der Waals surface area contributed by atoms with Crippen molar-refractivity contribution < 1.29 is 39.0 Å². The largest absolute Gasteiger partial charge is 0.481 e. The summed E-state index contributed by atoms with van der Waals surface area (Å²) in [4.78, 5) is 48.5. The van der Waals surface area contributed by atoms with Gasteiger partial charge in [-0.1, -0.05) is 5.16 Å². The van der Waals surface area contributed by atoms with E-state index in [1.165, 1.54) is 6.92 Å². The number of rotatable bonds is 10. The second-order valence-corrected chi connectivity index (χ2v) is 5.34. The predicted octanol–water partition coefficient (Wildman–Crippen LogP) is -1.86. The third-order valence-corrected chi connectivity index (χ3v) is 3.09. The van der Waals surface area contributed by atoms with Gasteiger partial charge in [0.25, 0.3) is 0 Å². The number of primary amides is 1. The highest BCUT2D eigenvalue weighted by Crippen LogP contribution is 2.15. The molecule has 0 spiro atoms. The number of hydrogen-bond donors (Lipinski definition) is 6. The minimum absolute atomic E-state index is 0.0303. The summed E-state index contributed by atoms with van der Waals surface area (Å²) >= 11 is 0. The van der Waals surface area contributed by atoms with Crippen LogP contribution in [0.2, 0.25) is 0 Å². The Bertz CT molecular complexity index is 673. The summed E-state index contributed by atoms with van der Waals surface area (Å²) in [6.07, 6.45) is -2.08. The SMILES string of the molecule is CC(O)[C@@H](NC(=O)N[C@@H](CC(N)=O)c1nc(CCC(=O)O)no1)C(=O)O. The zero-order chi connectivity index (χ0) is 19.9. The van der Waals surface area contributed by atoms with Crippen LogP contribution in [0.25, 0.3) is 0 Å². The number of aliphatic hydroxyl groups excluding tert-OH is 1. The molecule has 0 aliphatic heterocycles. The van der Waals surface area contributed by atoms with Gasteiger partial charge in [0.2, 0.25) is 11.8 Å². The summed E-state index contributed by atoms with van der Waals surface area (Å²) < 4.78 is 4.89. The molecule has 1 aromatic heterocycles. The molecule has 13 nitrogen and oxygen atoms in total. The van der Waals surface area contributed by atoms with Gasteiger partial charge in [-0.05, 0) is 6.92 Å². The predicted molar refractivity (Wildman–Crippen MR) is 81.6 cm³/mol. The monoisotopic (exact) mass is 373 g/mol. The van der Waals surface area contributed by atoms with E-state index in [1.807, 2.05) is 5.32 Å². The Hall–Kier alpha value is -3.22. The number of urea groups is 1. The van der Waals surface area contributed by atoms with E-state index in [2.05, 4.69) is 15.5 Å². The van der Waals surface area contributed by atoms with Crippen molar-refractivity contribution >= 4 is 23.9 Å². The van der Waals surface area contributed by atoms with Gasteiger partial charge in [-0.2, -0.15) is 4.98 Å². The third kappa shape index (κ3) is 6.72. The highest BCUT2D eigenvalue weighted by Gasteiger charge is 2.28. The highest BCUT2D eigenvalue weighted by molar-refractivity contribution is 5.83. The average Bonchev–Trinajstić information content (AvgIpc) is 2.97. The molecule has 26 heavy (non-hydrogen) atoms. The standard InChI is InChI=1S/C13H19N5O8/c1-5(19)10(12(23)24)17-13(25)15-6(4-7(14)20)11-16-8(18-26-11)2-3-9(21)22/h5-6,10,19H,2-4H2,1H3,(H2,14,20)(H,21,22)(H,23,24)(H2,15,17,25)/t5?,6-,10+/m0/s1. The molecule has 7 N–H and O–H groups in total. The number of aromatic nitrogens is 2. The molecule has 1 aromatic rings. The first-order valence-electron chi connectivity index (χ1n) is 7.40. The second kappa shape index (κ2) is 9.31. The first-order chi connectivity index (χ1) is 12.1. The number of amides is 3. The van der Waals surface area contributed by atoms with Gasteiger partial charge < -0.3 is 36.2 Å². The molecule has 0 bridgehead atoms. The minimum Gasteiger partial charge on any atom is -0.481 e. The number of carboxylic acid groups (broad SMARTS) is 2. The zero-order valence-corrected chi connectivity index (χ0v) is 13.7. The minimum atomic E-state index is -1.59. The summed E-state index contributed by atoms with van der Waals surface area (Å²) in [5.74, 6) is -3.50. The number of aliphatic carboxylic acids is 2. The van der Waals surface area contributed by atoms with Gasteiger partial charge >= 0.3 is 18.0 Å². The van der Waals surface area contributed by atoms with E-state index in [-0.39, 0.29) is 24.6 Å². The molecule has 0 saturated heterocycles. The molecule has 0 radical (unpaired) electrons. The fraction of sp³-hybridized carbons (Fsp3) is 0.538. The maximum absolute atomic E-state index is 11.9. The molecular formula is C13H19N5O8. The zero-order valence-electron chi connectivity index (χ0n) is 13.7. The quantitative estimate of drug-likeness (QED) is 0.268. The van der Waals surface area contributed by atoms with E-state index in [1.54, 1.807) is 0 Å². The lowest BCUT2D eigenvalue weighted by Crippen LogP contribution is -2.52. The van der Waals surface area contributed by atoms with E-state index in [0.717, 1.165) is 0 Å². The lowest BCUT2D eigenvalue weighted by Gasteiger charge is -2.19. The Labute approximate surface area is 146 Å². The number of hydrogen-bond acceptors (Lipinski definition) is 8. The second-order valence-electron chi connectivity index (χ2n) is 5.34. The molecule has 0 aliphatic rings. The Morgan fingerprint density at radius 1 is 1.23 bits per heavy atom. The molecule has 3 amide bonds. The van der Waals surface area contributed by atoms with Gasteiger partial charge in [0.05, 0.1) is 18.9 Å². The van der Waals surface area contributed by atoms with Crippen LogP contribution in [0.3, 0.4) is 0 Å². The van der Waals surface area contributed by atoms with Crippen LogP contribution in [0.4, 0.5) is 4.79 Å². The smallest absolute Gasteiger partial charge is 0.328 e. The number of nitrogens with two attached hydrogens (primary N) is 1. The maximum Gasteiger partial charge on any atom is 0.328 e. The Morgan fingerprint density at radius 2 is 1.88 bits per heavy atom. The molecule has 1 heterocycles. The number of carbonyl (C=O) groups is 4. The first kappa shape index (κ1) is 20.8. The summed E-state index contributed by atoms with van der Waals surface area (Å²) in [5, 5.41) is 34.7. The van der Waals surface area contributed by atoms with Crippen LogP contribution in [-0.4, -0.2) is 61.5 Å². The maximum atomic E-state index is 11.9. The Morgan fingerprint density at radius 3 is 2.38 bits per heavy atom. The number of nitrogens with one attached hydrogen (secondary N) is 2. The molecule has 13 heteroatoms. The molecule has 1 rings (SSSR count). The lowest BCUT2D eigenvalue weighted by atomic mass is 10.2. The lowest BCUT2D eigenvalue weighted by molar-refractivity contribution is -0.142. The van der Waals surface area contributed by atoms with Gasteiger partial charge in [0.15, 0.2) is 11.9 Å². The molecule has 1 unspecified atom stereocenters. The fourth-order valence-electron chi connectivity index (χ4n) is 1.86. The van der Waals surface area contributed by atoms with E-state index >= 15 is 0 Å². The molecule has 144 valence electrons. The summed E-state index contributed by atoms with van der Waals surface area (Å²) in [6.45, 7) is 1.17. The molecule has 3 atom stereocenters. The fourth-order valence-corrected chi connectivity index (χ4v) is 1.86. The first-order valence-corrected chi connectivity index (χ1v) is 7.40. The van der Waals surface area contributed by atoms with Crippen LogP contribution in [0, 0.1) is 0 Å². The van der Waals surface area contributed by atoms with Gasteiger partial charge in [-0.25, -0.2) is 9.59 Å². The van der Waals surface area contributed by atoms with Crippen LogP contribution in [0.1, 0.15) is 37.5 Å². The number of nitrogens with zero attached hydrogens (tertiary/aromatic N) is 2. The van der Waals surface area contributed by atoms with Gasteiger partial charge in [-0.15, -0.1) is 0 Å². The highest BCUT2D eigenvalue weighted by atomic mass is 16.5. The van der Waals surface area contributed by atoms with Crippen molar-refractivity contribution in [2.24, 2.45) is 5.73 Å². The summed E-state index contributed by atoms with van der Waals surface area (Å²) in [6, 6.07) is -3.77. The van der Waals surface area contributed by atoms with Crippen molar-refractivity contribution in [1.82, 2.24) is 20.8 Å². The van der Waals surface area contributed by atoms with E-state index < -0.39 is 48.5 Å². The van der Waals surface area contributed by atoms with Crippen molar-refractivity contribution in [2.75, 3.05) is 0 Å². The normalized spacial score (nSPS) is 14.1. The number of carbonyl (C=O) groups excluding carboxylic acids is 2. The third-order valence-electron chi connectivity index (χ3n) is 3.09. The van der Waals surface area contributed by atoms with Crippen molar-refractivity contribution in [2.45, 2.75) is 44.4 Å². The molecule has 0 aliphatic carbocycles. The van der Waals surface area contributed by atoms with Gasteiger partial charge in [-0.3, -0.25) is 9.59 Å². The number of aryl methyl sites for hydroxylation is 1. The van der Waals surface area contributed by atoms with Crippen molar-refractivity contribution in [3.8, 4) is 0 Å². The molecule has 0 aromatic carbocycles. The summed E-state index contributed by atoms with van der Waals surface area (Å²) in [7, 11) is 0. The van der Waals surface area contributed by atoms with Gasteiger partial charge in [0.1, 0.15) is 6.04 Å². The van der Waals surface area contributed by atoms with E-state index in [9.17, 15) is 24.3 Å². The van der Waals surface area contributed by atoms with Crippen LogP contribution in [0.15, 0.2) is 4.52 Å². The number of aliphatic hydroxyl groups is 1.